The Morgan fingerprint density at radius 2 is 1.19 bits per heavy atom. The molecule has 21 heavy (non-hydrogen) atoms. The Bertz CT molecular complexity index is 256. The van der Waals surface area contributed by atoms with Gasteiger partial charge in [-0.1, -0.05) is 78.1 Å². The van der Waals surface area contributed by atoms with E-state index in [1.807, 2.05) is 0 Å². The van der Waals surface area contributed by atoms with Crippen molar-refractivity contribution in [2.75, 3.05) is 19.9 Å². The molecule has 0 amide bonds. The first-order chi connectivity index (χ1) is 10.2. The van der Waals surface area contributed by atoms with E-state index >= 15 is 0 Å². The van der Waals surface area contributed by atoms with Gasteiger partial charge >= 0.3 is 7.60 Å². The minimum absolute atomic E-state index is 0.575. The molecule has 1 atom stereocenters. The maximum Gasteiger partial charge on any atom is 0.330 e. The first kappa shape index (κ1) is 21.1. The van der Waals surface area contributed by atoms with Crippen LogP contribution in [0.15, 0.2) is 0 Å². The number of hydrogen-bond donors (Lipinski definition) is 0. The number of unbranched alkanes of at least 4 members (excludes halogenated alkanes) is 10. The van der Waals surface area contributed by atoms with Gasteiger partial charge in [0.1, 0.15) is 0 Å². The average molecular weight is 320 g/mol. The van der Waals surface area contributed by atoms with E-state index in [-0.39, 0.29) is 0 Å². The summed E-state index contributed by atoms with van der Waals surface area (Å²) in [7, 11) is -1.30. The molecule has 0 aliphatic rings. The Labute approximate surface area is 132 Å². The van der Waals surface area contributed by atoms with Gasteiger partial charge in [-0.25, -0.2) is 0 Å². The fourth-order valence-electron chi connectivity index (χ4n) is 2.38. The molecule has 0 rings (SSSR count). The summed E-state index contributed by atoms with van der Waals surface area (Å²) in [5.41, 5.74) is 0. The molecule has 0 fully saturated rings. The van der Waals surface area contributed by atoms with Crippen LogP contribution in [0.1, 0.15) is 90.9 Å². The second-order valence-electron chi connectivity index (χ2n) is 5.89. The van der Waals surface area contributed by atoms with Gasteiger partial charge < -0.3 is 9.05 Å². The second-order valence-corrected chi connectivity index (χ2v) is 8.18. The third-order valence-electron chi connectivity index (χ3n) is 3.85. The first-order valence-corrected chi connectivity index (χ1v) is 10.7. The number of rotatable bonds is 16. The van der Waals surface area contributed by atoms with Crippen molar-refractivity contribution in [1.82, 2.24) is 0 Å². The molecule has 0 radical (unpaired) electrons. The van der Waals surface area contributed by atoms with Gasteiger partial charge in [0.15, 0.2) is 0 Å². The van der Waals surface area contributed by atoms with E-state index in [0.717, 1.165) is 19.3 Å². The van der Waals surface area contributed by atoms with Crippen LogP contribution in [-0.4, -0.2) is 19.9 Å². The zero-order chi connectivity index (χ0) is 15.8. The molecule has 3 nitrogen and oxygen atoms in total. The van der Waals surface area contributed by atoms with E-state index in [9.17, 15) is 4.57 Å². The van der Waals surface area contributed by atoms with Gasteiger partial charge in [0.05, 0.1) is 12.8 Å². The molecular weight excluding hydrogens is 283 g/mol. The van der Waals surface area contributed by atoms with Crippen LogP contribution in [-0.2, 0) is 13.6 Å². The lowest BCUT2D eigenvalue weighted by Gasteiger charge is -2.16. The largest absolute Gasteiger partial charge is 0.330 e. The molecule has 0 heterocycles. The SMILES string of the molecule is CCCCCCCCOP(=O)(CCCCCCCC)OC. The topological polar surface area (TPSA) is 35.5 Å². The molecule has 128 valence electrons. The van der Waals surface area contributed by atoms with Crippen molar-refractivity contribution >= 4 is 7.60 Å². The van der Waals surface area contributed by atoms with Gasteiger partial charge in [-0.2, -0.15) is 0 Å². The third-order valence-corrected chi connectivity index (χ3v) is 5.85. The Hall–Kier alpha value is 0.150. The quantitative estimate of drug-likeness (QED) is 0.238. The van der Waals surface area contributed by atoms with Crippen LogP contribution >= 0.6 is 7.60 Å². The summed E-state index contributed by atoms with van der Waals surface area (Å²) in [4.78, 5) is 0. The van der Waals surface area contributed by atoms with Crippen molar-refractivity contribution in [1.29, 1.82) is 0 Å². The van der Waals surface area contributed by atoms with Crippen LogP contribution in [0.2, 0.25) is 0 Å². The van der Waals surface area contributed by atoms with Crippen LogP contribution in [0.25, 0.3) is 0 Å². The van der Waals surface area contributed by atoms with E-state index in [2.05, 4.69) is 13.8 Å². The van der Waals surface area contributed by atoms with Crippen LogP contribution in [0.3, 0.4) is 0 Å². The summed E-state index contributed by atoms with van der Waals surface area (Å²) in [6.45, 7) is 5.02. The van der Waals surface area contributed by atoms with Gasteiger partial charge in [-0.15, -0.1) is 0 Å². The van der Waals surface area contributed by atoms with Gasteiger partial charge in [0.25, 0.3) is 0 Å². The Balaban J connectivity index is 3.58. The van der Waals surface area contributed by atoms with Crippen molar-refractivity contribution in [2.45, 2.75) is 90.9 Å². The average Bonchev–Trinajstić information content (AvgIpc) is 2.50. The highest BCUT2D eigenvalue weighted by Crippen LogP contribution is 2.48. The molecule has 4 heteroatoms. The molecule has 0 aromatic carbocycles. The zero-order valence-corrected chi connectivity index (χ0v) is 15.5. The zero-order valence-electron chi connectivity index (χ0n) is 14.6. The first-order valence-electron chi connectivity index (χ1n) is 8.98. The lowest BCUT2D eigenvalue weighted by Crippen LogP contribution is -2.00. The van der Waals surface area contributed by atoms with Gasteiger partial charge in [-0.3, -0.25) is 4.57 Å². The molecule has 0 N–H and O–H groups in total. The molecule has 0 spiro atoms. The highest BCUT2D eigenvalue weighted by atomic mass is 31.2. The summed E-state index contributed by atoms with van der Waals surface area (Å²) >= 11 is 0. The fourth-order valence-corrected chi connectivity index (χ4v) is 3.82. The molecule has 0 aromatic rings. The van der Waals surface area contributed by atoms with Crippen molar-refractivity contribution in [3.63, 3.8) is 0 Å². The van der Waals surface area contributed by atoms with Gasteiger partial charge in [-0.05, 0) is 12.8 Å². The van der Waals surface area contributed by atoms with E-state index < -0.39 is 7.60 Å². The summed E-state index contributed by atoms with van der Waals surface area (Å²) in [5.74, 6) is 0. The van der Waals surface area contributed by atoms with Gasteiger partial charge in [0, 0.05) is 7.11 Å². The molecule has 0 saturated heterocycles. The lowest BCUT2D eigenvalue weighted by atomic mass is 10.1. The molecular formula is C17H37O3P. The predicted octanol–water partition coefficient (Wildman–Crippen LogP) is 6.56. The second kappa shape index (κ2) is 15.1. The fraction of sp³-hybridized carbons (Fsp3) is 1.00. The van der Waals surface area contributed by atoms with Crippen LogP contribution in [0.5, 0.6) is 0 Å². The van der Waals surface area contributed by atoms with Gasteiger partial charge in [0.2, 0.25) is 0 Å². The van der Waals surface area contributed by atoms with E-state index in [0.29, 0.717) is 12.8 Å². The van der Waals surface area contributed by atoms with Crippen molar-refractivity contribution in [3.8, 4) is 0 Å². The Morgan fingerprint density at radius 3 is 1.71 bits per heavy atom. The molecule has 0 aliphatic carbocycles. The maximum absolute atomic E-state index is 12.4. The van der Waals surface area contributed by atoms with Crippen LogP contribution < -0.4 is 0 Å². The highest BCUT2D eigenvalue weighted by molar-refractivity contribution is 7.53. The standard InChI is InChI=1S/C17H37O3P/c1-4-6-8-10-12-14-16-20-21(18,19-3)17-15-13-11-9-7-5-2/h4-17H2,1-3H3. The van der Waals surface area contributed by atoms with Crippen molar-refractivity contribution in [2.24, 2.45) is 0 Å². The summed E-state index contributed by atoms with van der Waals surface area (Å²) in [6.07, 6.45) is 15.0. The third kappa shape index (κ3) is 13.5. The minimum atomic E-state index is -2.82. The predicted molar refractivity (Wildman–Crippen MR) is 92.2 cm³/mol. The monoisotopic (exact) mass is 320 g/mol. The minimum Gasteiger partial charge on any atom is -0.312 e. The smallest absolute Gasteiger partial charge is 0.312 e. The summed E-state index contributed by atoms with van der Waals surface area (Å²) in [5, 5.41) is 0. The van der Waals surface area contributed by atoms with E-state index in [1.54, 1.807) is 0 Å². The van der Waals surface area contributed by atoms with Crippen molar-refractivity contribution < 1.29 is 13.6 Å². The maximum atomic E-state index is 12.4. The van der Waals surface area contributed by atoms with Crippen LogP contribution in [0, 0.1) is 0 Å². The van der Waals surface area contributed by atoms with E-state index in [4.69, 9.17) is 9.05 Å². The van der Waals surface area contributed by atoms with Crippen LogP contribution in [0.4, 0.5) is 0 Å². The molecule has 0 aromatic heterocycles. The number of hydrogen-bond acceptors (Lipinski definition) is 3. The molecule has 0 saturated carbocycles. The Kier molecular flexibility index (Phi) is 15.2. The molecule has 0 bridgehead atoms. The highest BCUT2D eigenvalue weighted by Gasteiger charge is 2.21. The Morgan fingerprint density at radius 1 is 0.714 bits per heavy atom. The molecule has 0 aliphatic heterocycles. The normalized spacial score (nSPS) is 14.2. The van der Waals surface area contributed by atoms with E-state index in [1.165, 1.54) is 64.9 Å². The summed E-state index contributed by atoms with van der Waals surface area (Å²) in [6, 6.07) is 0. The molecule has 1 unspecified atom stereocenters. The van der Waals surface area contributed by atoms with Crippen molar-refractivity contribution in [3.05, 3.63) is 0 Å². The summed E-state index contributed by atoms with van der Waals surface area (Å²) < 4.78 is 23.1. The lowest BCUT2D eigenvalue weighted by molar-refractivity contribution is 0.228.